The molecule has 0 heterocycles. The van der Waals surface area contributed by atoms with Crippen LogP contribution in [-0.4, -0.2) is 32.9 Å². The molecular weight excluding hydrogens is 284 g/mol. The molecule has 1 fully saturated rings. The summed E-state index contributed by atoms with van der Waals surface area (Å²) in [5.41, 5.74) is 1.10. The van der Waals surface area contributed by atoms with Crippen molar-refractivity contribution in [3.05, 3.63) is 29.8 Å². The molecule has 0 aromatic heterocycles. The summed E-state index contributed by atoms with van der Waals surface area (Å²) in [4.78, 5) is 0.406. The number of hydrogen-bond acceptors (Lipinski definition) is 3. The van der Waals surface area contributed by atoms with Crippen molar-refractivity contribution < 1.29 is 8.42 Å². The van der Waals surface area contributed by atoms with Gasteiger partial charge in [-0.25, -0.2) is 8.42 Å². The summed E-state index contributed by atoms with van der Waals surface area (Å²) in [6.07, 6.45) is 3.17. The first kappa shape index (κ1) is 16.5. The Balaban J connectivity index is 2.19. The maximum atomic E-state index is 12.7. The van der Waals surface area contributed by atoms with E-state index in [-0.39, 0.29) is 6.04 Å². The summed E-state index contributed by atoms with van der Waals surface area (Å²) in [5.74, 6) is 0.565. The second-order valence-electron chi connectivity index (χ2n) is 5.89. The molecule has 1 atom stereocenters. The number of benzene rings is 1. The monoisotopic (exact) mass is 310 g/mol. The molecule has 1 aliphatic carbocycles. The summed E-state index contributed by atoms with van der Waals surface area (Å²) < 4.78 is 27.1. The average Bonchev–Trinajstić information content (AvgIpc) is 3.30. The molecule has 0 bridgehead atoms. The number of sulfonamides is 1. The molecule has 0 saturated heterocycles. The molecule has 1 aromatic carbocycles. The molecule has 21 heavy (non-hydrogen) atoms. The van der Waals surface area contributed by atoms with Crippen LogP contribution in [0.25, 0.3) is 0 Å². The summed E-state index contributed by atoms with van der Waals surface area (Å²) in [6, 6.07) is 7.48. The Morgan fingerprint density at radius 1 is 1.29 bits per heavy atom. The van der Waals surface area contributed by atoms with Gasteiger partial charge in [0.05, 0.1) is 4.90 Å². The van der Waals surface area contributed by atoms with Gasteiger partial charge in [-0.3, -0.25) is 0 Å². The van der Waals surface area contributed by atoms with E-state index in [9.17, 15) is 8.42 Å². The zero-order valence-electron chi connectivity index (χ0n) is 13.2. The lowest BCUT2D eigenvalue weighted by Gasteiger charge is -2.22. The summed E-state index contributed by atoms with van der Waals surface area (Å²) in [6.45, 7) is 5.35. The van der Waals surface area contributed by atoms with Crippen molar-refractivity contribution in [1.82, 2.24) is 9.62 Å². The lowest BCUT2D eigenvalue weighted by molar-refractivity contribution is 0.395. The van der Waals surface area contributed by atoms with Gasteiger partial charge in [-0.2, -0.15) is 4.31 Å². The predicted octanol–water partition coefficient (Wildman–Crippen LogP) is 2.78. The standard InChI is InChI=1S/C16H26N2O2S/c1-4-11-18(12-14-5-6-14)21(19,20)16-9-7-15(8-10-16)13(2)17-3/h7-10,13-14,17H,4-6,11-12H2,1-3H3. The van der Waals surface area contributed by atoms with Crippen LogP contribution in [0.4, 0.5) is 0 Å². The van der Waals surface area contributed by atoms with Crippen molar-refractivity contribution in [2.45, 2.75) is 44.0 Å². The number of hydrogen-bond donors (Lipinski definition) is 1. The SMILES string of the molecule is CCCN(CC1CC1)S(=O)(=O)c1ccc(C(C)NC)cc1. The second-order valence-corrected chi connectivity index (χ2v) is 7.82. The lowest BCUT2D eigenvalue weighted by Crippen LogP contribution is -2.33. The number of rotatable bonds is 8. The van der Waals surface area contributed by atoms with Crippen LogP contribution in [0.3, 0.4) is 0 Å². The first-order chi connectivity index (χ1) is 9.98. The van der Waals surface area contributed by atoms with E-state index >= 15 is 0 Å². The molecule has 1 aliphatic rings. The van der Waals surface area contributed by atoms with Crippen LogP contribution < -0.4 is 5.32 Å². The van der Waals surface area contributed by atoms with Gasteiger partial charge in [0, 0.05) is 19.1 Å². The molecule has 1 N–H and O–H groups in total. The third kappa shape index (κ3) is 4.05. The number of nitrogens with zero attached hydrogens (tertiary/aromatic N) is 1. The Morgan fingerprint density at radius 2 is 1.90 bits per heavy atom. The van der Waals surface area contributed by atoms with Gasteiger partial charge in [-0.05, 0) is 56.8 Å². The Hall–Kier alpha value is -0.910. The molecule has 5 heteroatoms. The summed E-state index contributed by atoms with van der Waals surface area (Å²) in [5, 5.41) is 3.16. The van der Waals surface area contributed by atoms with E-state index in [1.54, 1.807) is 16.4 Å². The van der Waals surface area contributed by atoms with Crippen molar-refractivity contribution in [1.29, 1.82) is 0 Å². The minimum Gasteiger partial charge on any atom is -0.313 e. The van der Waals surface area contributed by atoms with Gasteiger partial charge in [-0.15, -0.1) is 0 Å². The van der Waals surface area contributed by atoms with Crippen molar-refractivity contribution >= 4 is 10.0 Å². The van der Waals surface area contributed by atoms with E-state index in [1.807, 2.05) is 26.1 Å². The Morgan fingerprint density at radius 3 is 2.38 bits per heavy atom. The summed E-state index contributed by atoms with van der Waals surface area (Å²) in [7, 11) is -1.46. The third-order valence-electron chi connectivity index (χ3n) is 4.08. The highest BCUT2D eigenvalue weighted by Crippen LogP contribution is 2.31. The highest BCUT2D eigenvalue weighted by molar-refractivity contribution is 7.89. The van der Waals surface area contributed by atoms with Gasteiger partial charge < -0.3 is 5.32 Å². The van der Waals surface area contributed by atoms with Gasteiger partial charge in [0.25, 0.3) is 0 Å². The summed E-state index contributed by atoms with van der Waals surface area (Å²) >= 11 is 0. The molecule has 0 spiro atoms. The van der Waals surface area contributed by atoms with Crippen LogP contribution in [0.1, 0.15) is 44.7 Å². The first-order valence-corrected chi connectivity index (χ1v) is 9.20. The van der Waals surface area contributed by atoms with E-state index in [0.717, 1.165) is 24.8 Å². The molecule has 1 unspecified atom stereocenters. The van der Waals surface area contributed by atoms with Gasteiger partial charge in [0.2, 0.25) is 10.0 Å². The van der Waals surface area contributed by atoms with Crippen LogP contribution in [0.2, 0.25) is 0 Å². The fraction of sp³-hybridized carbons (Fsp3) is 0.625. The third-order valence-corrected chi connectivity index (χ3v) is 5.96. The highest BCUT2D eigenvalue weighted by Gasteiger charge is 2.31. The smallest absolute Gasteiger partial charge is 0.243 e. The molecule has 0 radical (unpaired) electrons. The second kappa shape index (κ2) is 6.90. The van der Waals surface area contributed by atoms with Crippen LogP contribution >= 0.6 is 0 Å². The minimum atomic E-state index is -3.35. The van der Waals surface area contributed by atoms with E-state index < -0.39 is 10.0 Å². The quantitative estimate of drug-likeness (QED) is 0.803. The minimum absolute atomic E-state index is 0.222. The van der Waals surface area contributed by atoms with Crippen LogP contribution in [-0.2, 0) is 10.0 Å². The molecule has 0 amide bonds. The number of nitrogens with one attached hydrogen (secondary N) is 1. The maximum absolute atomic E-state index is 12.7. The Kier molecular flexibility index (Phi) is 5.41. The maximum Gasteiger partial charge on any atom is 0.243 e. The lowest BCUT2D eigenvalue weighted by atomic mass is 10.1. The molecule has 1 aromatic rings. The first-order valence-electron chi connectivity index (χ1n) is 7.76. The molecule has 2 rings (SSSR count). The zero-order chi connectivity index (χ0) is 15.5. The molecule has 0 aliphatic heterocycles. The fourth-order valence-corrected chi connectivity index (χ4v) is 4.00. The van der Waals surface area contributed by atoms with Crippen molar-refractivity contribution in [3.8, 4) is 0 Å². The van der Waals surface area contributed by atoms with Crippen molar-refractivity contribution in [2.24, 2.45) is 5.92 Å². The highest BCUT2D eigenvalue weighted by atomic mass is 32.2. The largest absolute Gasteiger partial charge is 0.313 e. The van der Waals surface area contributed by atoms with Crippen LogP contribution in [0.5, 0.6) is 0 Å². The van der Waals surface area contributed by atoms with E-state index in [1.165, 1.54) is 0 Å². The fourth-order valence-electron chi connectivity index (χ4n) is 2.39. The Bertz CT molecular complexity index is 550. The predicted molar refractivity (Wildman–Crippen MR) is 85.7 cm³/mol. The zero-order valence-corrected chi connectivity index (χ0v) is 14.0. The van der Waals surface area contributed by atoms with Gasteiger partial charge in [-0.1, -0.05) is 19.1 Å². The van der Waals surface area contributed by atoms with E-state index in [4.69, 9.17) is 0 Å². The van der Waals surface area contributed by atoms with Crippen LogP contribution in [0.15, 0.2) is 29.2 Å². The Labute approximate surface area is 128 Å². The molecule has 1 saturated carbocycles. The normalized spacial score (nSPS) is 17.1. The average molecular weight is 310 g/mol. The molecule has 4 nitrogen and oxygen atoms in total. The van der Waals surface area contributed by atoms with Crippen LogP contribution in [0, 0.1) is 5.92 Å². The van der Waals surface area contributed by atoms with Crippen molar-refractivity contribution in [2.75, 3.05) is 20.1 Å². The van der Waals surface area contributed by atoms with Crippen molar-refractivity contribution in [3.63, 3.8) is 0 Å². The topological polar surface area (TPSA) is 49.4 Å². The van der Waals surface area contributed by atoms with E-state index in [0.29, 0.717) is 23.9 Å². The van der Waals surface area contributed by atoms with Gasteiger partial charge in [0.1, 0.15) is 0 Å². The van der Waals surface area contributed by atoms with Gasteiger partial charge >= 0.3 is 0 Å². The van der Waals surface area contributed by atoms with E-state index in [2.05, 4.69) is 12.2 Å². The molecule has 118 valence electrons. The molecular formula is C16H26N2O2S. The van der Waals surface area contributed by atoms with Gasteiger partial charge in [0.15, 0.2) is 0 Å².